The van der Waals surface area contributed by atoms with Gasteiger partial charge < -0.3 is 10.1 Å². The van der Waals surface area contributed by atoms with Crippen LogP contribution in [0.25, 0.3) is 0 Å². The molecule has 0 unspecified atom stereocenters. The number of para-hydroxylation sites is 2. The first-order valence-electron chi connectivity index (χ1n) is 10.9. The SMILES string of the molecule is CCOc1ccccc1N(CC(=O)N[C@H](C)c1ccc(C)cc1C)S(=O)(=O)c1ccccc1. The second-order valence-corrected chi connectivity index (χ2v) is 9.74. The number of carbonyl (C=O) groups excluding carboxylic acids is 1. The molecule has 0 aliphatic rings. The number of carbonyl (C=O) groups is 1. The van der Waals surface area contributed by atoms with Crippen LogP contribution in [0.3, 0.4) is 0 Å². The lowest BCUT2D eigenvalue weighted by molar-refractivity contribution is -0.120. The summed E-state index contributed by atoms with van der Waals surface area (Å²) in [5.41, 5.74) is 3.51. The third kappa shape index (κ3) is 5.73. The molecule has 7 heteroatoms. The van der Waals surface area contributed by atoms with E-state index in [1.165, 1.54) is 12.1 Å². The molecule has 0 saturated carbocycles. The summed E-state index contributed by atoms with van der Waals surface area (Å²) in [5.74, 6) is -0.0111. The summed E-state index contributed by atoms with van der Waals surface area (Å²) in [7, 11) is -4.01. The normalized spacial score (nSPS) is 12.1. The maximum Gasteiger partial charge on any atom is 0.264 e. The van der Waals surface area contributed by atoms with Crippen molar-refractivity contribution in [2.45, 2.75) is 38.6 Å². The van der Waals surface area contributed by atoms with E-state index in [-0.39, 0.29) is 17.5 Å². The van der Waals surface area contributed by atoms with Crippen LogP contribution >= 0.6 is 0 Å². The minimum atomic E-state index is -4.01. The molecule has 0 fully saturated rings. The van der Waals surface area contributed by atoms with E-state index < -0.39 is 15.9 Å². The fourth-order valence-corrected chi connectivity index (χ4v) is 5.22. The zero-order valence-electron chi connectivity index (χ0n) is 19.4. The van der Waals surface area contributed by atoms with Crippen LogP contribution in [0.2, 0.25) is 0 Å². The van der Waals surface area contributed by atoms with Gasteiger partial charge in [-0.15, -0.1) is 0 Å². The number of aryl methyl sites for hydroxylation is 2. The van der Waals surface area contributed by atoms with Gasteiger partial charge in [-0.3, -0.25) is 9.10 Å². The predicted octanol–water partition coefficient (Wildman–Crippen LogP) is 4.77. The molecule has 1 N–H and O–H groups in total. The van der Waals surface area contributed by atoms with Gasteiger partial charge in [0.25, 0.3) is 10.0 Å². The Bertz CT molecular complexity index is 1210. The number of hydrogen-bond donors (Lipinski definition) is 1. The van der Waals surface area contributed by atoms with Gasteiger partial charge in [0, 0.05) is 0 Å². The van der Waals surface area contributed by atoms with Crippen LogP contribution in [-0.2, 0) is 14.8 Å². The Kier molecular flexibility index (Phi) is 7.76. The Morgan fingerprint density at radius 1 is 1.00 bits per heavy atom. The van der Waals surface area contributed by atoms with Crippen LogP contribution in [0.15, 0.2) is 77.7 Å². The molecule has 0 saturated heterocycles. The Balaban J connectivity index is 1.94. The van der Waals surface area contributed by atoms with Crippen LogP contribution in [0.1, 0.15) is 36.6 Å². The second-order valence-electron chi connectivity index (χ2n) is 7.87. The number of nitrogens with one attached hydrogen (secondary N) is 1. The van der Waals surface area contributed by atoms with Gasteiger partial charge in [-0.1, -0.05) is 54.1 Å². The maximum absolute atomic E-state index is 13.6. The quantitative estimate of drug-likeness (QED) is 0.493. The predicted molar refractivity (Wildman–Crippen MR) is 131 cm³/mol. The van der Waals surface area contributed by atoms with Gasteiger partial charge in [0.05, 0.1) is 23.2 Å². The zero-order chi connectivity index (χ0) is 24.0. The minimum Gasteiger partial charge on any atom is -0.492 e. The van der Waals surface area contributed by atoms with Crippen molar-refractivity contribution in [1.82, 2.24) is 5.32 Å². The number of anilines is 1. The van der Waals surface area contributed by atoms with E-state index in [2.05, 4.69) is 11.4 Å². The molecular weight excluding hydrogens is 436 g/mol. The van der Waals surface area contributed by atoms with Crippen LogP contribution in [0.5, 0.6) is 5.75 Å². The van der Waals surface area contributed by atoms with Gasteiger partial charge in [0.2, 0.25) is 5.91 Å². The molecule has 174 valence electrons. The number of amides is 1. The molecule has 1 atom stereocenters. The highest BCUT2D eigenvalue weighted by Gasteiger charge is 2.29. The summed E-state index contributed by atoms with van der Waals surface area (Å²) in [6.07, 6.45) is 0. The van der Waals surface area contributed by atoms with Crippen molar-refractivity contribution in [2.75, 3.05) is 17.5 Å². The molecular formula is C26H30N2O4S. The second kappa shape index (κ2) is 10.5. The average molecular weight is 467 g/mol. The van der Waals surface area contributed by atoms with Crippen molar-refractivity contribution in [1.29, 1.82) is 0 Å². The highest BCUT2D eigenvalue weighted by molar-refractivity contribution is 7.92. The Morgan fingerprint density at radius 2 is 1.67 bits per heavy atom. The first kappa shape index (κ1) is 24.3. The summed E-state index contributed by atoms with van der Waals surface area (Å²) < 4.78 is 33.9. The van der Waals surface area contributed by atoms with Crippen molar-refractivity contribution in [3.63, 3.8) is 0 Å². The molecule has 6 nitrogen and oxygen atoms in total. The molecule has 0 radical (unpaired) electrons. The summed E-state index contributed by atoms with van der Waals surface area (Å²) in [6, 6.07) is 20.7. The van der Waals surface area contributed by atoms with Crippen LogP contribution in [-0.4, -0.2) is 27.5 Å². The molecule has 0 heterocycles. The topological polar surface area (TPSA) is 75.7 Å². The molecule has 0 aliphatic heterocycles. The highest BCUT2D eigenvalue weighted by atomic mass is 32.2. The molecule has 3 aromatic carbocycles. The van der Waals surface area contributed by atoms with E-state index in [9.17, 15) is 13.2 Å². The lowest BCUT2D eigenvalue weighted by Crippen LogP contribution is -2.41. The van der Waals surface area contributed by atoms with E-state index in [4.69, 9.17) is 4.74 Å². The smallest absolute Gasteiger partial charge is 0.264 e. The monoisotopic (exact) mass is 466 g/mol. The molecule has 0 aliphatic carbocycles. The van der Waals surface area contributed by atoms with E-state index in [1.807, 2.05) is 39.8 Å². The van der Waals surface area contributed by atoms with E-state index in [0.717, 1.165) is 21.0 Å². The summed E-state index contributed by atoms with van der Waals surface area (Å²) in [6.45, 7) is 7.71. The van der Waals surface area contributed by atoms with Crippen molar-refractivity contribution >= 4 is 21.6 Å². The lowest BCUT2D eigenvalue weighted by atomic mass is 10.0. The maximum atomic E-state index is 13.6. The standard InChI is InChI=1S/C26H30N2O4S/c1-5-32-25-14-10-9-13-24(25)28(33(30,31)22-11-7-6-8-12-22)18-26(29)27-21(4)23-16-15-19(2)17-20(23)3/h6-17,21H,5,18H2,1-4H3,(H,27,29)/t21-/m1/s1. The van der Waals surface area contributed by atoms with Gasteiger partial charge in [-0.05, 0) is 63.1 Å². The largest absolute Gasteiger partial charge is 0.492 e. The Labute approximate surface area is 196 Å². The number of sulfonamides is 1. The number of rotatable bonds is 9. The third-order valence-corrected chi connectivity index (χ3v) is 7.10. The lowest BCUT2D eigenvalue weighted by Gasteiger charge is -2.27. The zero-order valence-corrected chi connectivity index (χ0v) is 20.2. The van der Waals surface area contributed by atoms with E-state index in [0.29, 0.717) is 18.0 Å². The Hall–Kier alpha value is -3.32. The first-order chi connectivity index (χ1) is 15.7. The number of nitrogens with zero attached hydrogens (tertiary/aromatic N) is 1. The van der Waals surface area contributed by atoms with Gasteiger partial charge in [-0.2, -0.15) is 0 Å². The van der Waals surface area contributed by atoms with Crippen molar-refractivity contribution in [2.24, 2.45) is 0 Å². The molecule has 0 bridgehead atoms. The Morgan fingerprint density at radius 3 is 2.33 bits per heavy atom. The van der Waals surface area contributed by atoms with Gasteiger partial charge in [-0.25, -0.2) is 8.42 Å². The van der Waals surface area contributed by atoms with Crippen molar-refractivity contribution < 1.29 is 17.9 Å². The van der Waals surface area contributed by atoms with Gasteiger partial charge in [0.1, 0.15) is 12.3 Å². The van der Waals surface area contributed by atoms with E-state index >= 15 is 0 Å². The molecule has 0 aromatic heterocycles. The minimum absolute atomic E-state index is 0.103. The van der Waals surface area contributed by atoms with Crippen molar-refractivity contribution in [3.05, 3.63) is 89.5 Å². The third-order valence-electron chi connectivity index (χ3n) is 5.32. The summed E-state index contributed by atoms with van der Waals surface area (Å²) in [5, 5.41) is 2.95. The number of ether oxygens (including phenoxy) is 1. The van der Waals surface area contributed by atoms with Crippen molar-refractivity contribution in [3.8, 4) is 5.75 Å². The highest BCUT2D eigenvalue weighted by Crippen LogP contribution is 2.32. The molecule has 0 spiro atoms. The molecule has 3 rings (SSSR count). The van der Waals surface area contributed by atoms with Gasteiger partial charge >= 0.3 is 0 Å². The van der Waals surface area contributed by atoms with Gasteiger partial charge in [0.15, 0.2) is 0 Å². The molecule has 1 amide bonds. The van der Waals surface area contributed by atoms with Crippen LogP contribution in [0.4, 0.5) is 5.69 Å². The summed E-state index contributed by atoms with van der Waals surface area (Å²) in [4.78, 5) is 13.2. The molecule has 3 aromatic rings. The average Bonchev–Trinajstić information content (AvgIpc) is 2.78. The fraction of sp³-hybridized carbons (Fsp3) is 0.269. The molecule has 33 heavy (non-hydrogen) atoms. The van der Waals surface area contributed by atoms with Crippen LogP contribution < -0.4 is 14.4 Å². The first-order valence-corrected chi connectivity index (χ1v) is 12.3. The van der Waals surface area contributed by atoms with E-state index in [1.54, 1.807) is 42.5 Å². The summed E-state index contributed by atoms with van der Waals surface area (Å²) >= 11 is 0. The number of benzene rings is 3. The number of hydrogen-bond acceptors (Lipinski definition) is 4. The van der Waals surface area contributed by atoms with Crippen LogP contribution in [0, 0.1) is 13.8 Å². The fourth-order valence-electron chi connectivity index (χ4n) is 3.77.